The van der Waals surface area contributed by atoms with E-state index in [1.165, 1.54) is 0 Å². The quantitative estimate of drug-likeness (QED) is 0.813. The Morgan fingerprint density at radius 2 is 1.94 bits per heavy atom. The van der Waals surface area contributed by atoms with Crippen molar-refractivity contribution in [3.05, 3.63) is 35.9 Å². The third-order valence-electron chi connectivity index (χ3n) is 3.35. The number of hydrogen-bond acceptors (Lipinski definition) is 2. The Bertz CT molecular complexity index is 373. The van der Waals surface area contributed by atoms with Gasteiger partial charge in [-0.05, 0) is 17.4 Å². The fraction of sp³-hybridized carbons (Fsp3) is 0.533. The van der Waals surface area contributed by atoms with Crippen molar-refractivity contribution in [2.24, 2.45) is 11.1 Å². The average Bonchev–Trinajstić information content (AvgIpc) is 2.37. The van der Waals surface area contributed by atoms with Crippen molar-refractivity contribution >= 4 is 5.91 Å². The molecule has 0 aliphatic rings. The van der Waals surface area contributed by atoms with E-state index in [1.807, 2.05) is 30.3 Å². The average molecular weight is 248 g/mol. The summed E-state index contributed by atoms with van der Waals surface area (Å²) in [5, 5.41) is 2.96. The van der Waals surface area contributed by atoms with Crippen molar-refractivity contribution in [1.29, 1.82) is 0 Å². The topological polar surface area (TPSA) is 55.1 Å². The molecule has 3 N–H and O–H groups in total. The molecule has 100 valence electrons. The summed E-state index contributed by atoms with van der Waals surface area (Å²) in [7, 11) is 0. The van der Waals surface area contributed by atoms with Crippen LogP contribution in [0.4, 0.5) is 0 Å². The van der Waals surface area contributed by atoms with Crippen molar-refractivity contribution < 1.29 is 4.79 Å². The van der Waals surface area contributed by atoms with Crippen LogP contribution in [0.3, 0.4) is 0 Å². The molecule has 0 heterocycles. The van der Waals surface area contributed by atoms with Crippen LogP contribution in [-0.4, -0.2) is 12.5 Å². The molecule has 18 heavy (non-hydrogen) atoms. The summed E-state index contributed by atoms with van der Waals surface area (Å²) >= 11 is 0. The van der Waals surface area contributed by atoms with Gasteiger partial charge in [-0.25, -0.2) is 0 Å². The van der Waals surface area contributed by atoms with Gasteiger partial charge in [0.25, 0.3) is 0 Å². The first-order valence-corrected chi connectivity index (χ1v) is 6.52. The lowest BCUT2D eigenvalue weighted by Crippen LogP contribution is -2.35. The molecule has 1 aromatic rings. The molecule has 0 spiro atoms. The van der Waals surface area contributed by atoms with Crippen molar-refractivity contribution in [3.8, 4) is 0 Å². The number of rotatable bonds is 6. The van der Waals surface area contributed by atoms with Gasteiger partial charge < -0.3 is 11.1 Å². The van der Waals surface area contributed by atoms with E-state index in [-0.39, 0.29) is 17.4 Å². The molecule has 3 nitrogen and oxygen atoms in total. The monoisotopic (exact) mass is 248 g/mol. The van der Waals surface area contributed by atoms with Crippen LogP contribution < -0.4 is 11.1 Å². The first-order chi connectivity index (χ1) is 8.44. The number of carbonyl (C=O) groups is 1. The van der Waals surface area contributed by atoms with E-state index >= 15 is 0 Å². The fourth-order valence-electron chi connectivity index (χ4n) is 1.55. The van der Waals surface area contributed by atoms with E-state index < -0.39 is 0 Å². The van der Waals surface area contributed by atoms with Crippen molar-refractivity contribution in [2.75, 3.05) is 6.54 Å². The van der Waals surface area contributed by atoms with Crippen molar-refractivity contribution in [3.63, 3.8) is 0 Å². The Hall–Kier alpha value is -1.35. The van der Waals surface area contributed by atoms with Crippen LogP contribution >= 0.6 is 0 Å². The molecule has 0 saturated carbocycles. The van der Waals surface area contributed by atoms with Gasteiger partial charge in [-0.3, -0.25) is 4.79 Å². The number of nitrogens with two attached hydrogens (primary N) is 1. The lowest BCUT2D eigenvalue weighted by atomic mass is 9.90. The molecule has 0 aliphatic carbocycles. The van der Waals surface area contributed by atoms with Crippen LogP contribution in [0, 0.1) is 5.41 Å². The summed E-state index contributed by atoms with van der Waals surface area (Å²) in [6.45, 7) is 7.11. The molecule has 1 amide bonds. The van der Waals surface area contributed by atoms with Crippen LogP contribution in [0.5, 0.6) is 0 Å². The van der Waals surface area contributed by atoms with E-state index in [4.69, 9.17) is 5.73 Å². The van der Waals surface area contributed by atoms with E-state index in [9.17, 15) is 4.79 Å². The zero-order chi connectivity index (χ0) is 13.6. The van der Waals surface area contributed by atoms with Crippen LogP contribution in [0.1, 0.15) is 45.2 Å². The molecule has 0 aromatic heterocycles. The second-order valence-electron chi connectivity index (χ2n) is 5.52. The van der Waals surface area contributed by atoms with Gasteiger partial charge in [-0.1, -0.05) is 51.1 Å². The molecular weight excluding hydrogens is 224 g/mol. The SMILES string of the molecule is CCC(C)(C)CNC(=O)CC(N)c1ccccc1. The van der Waals surface area contributed by atoms with Gasteiger partial charge in [0.1, 0.15) is 0 Å². The Balaban J connectivity index is 2.41. The lowest BCUT2D eigenvalue weighted by Gasteiger charge is -2.23. The second kappa shape index (κ2) is 6.55. The Morgan fingerprint density at radius 3 is 2.50 bits per heavy atom. The predicted molar refractivity (Wildman–Crippen MR) is 75.1 cm³/mol. The summed E-state index contributed by atoms with van der Waals surface area (Å²) in [5.41, 5.74) is 7.15. The smallest absolute Gasteiger partial charge is 0.221 e. The first kappa shape index (κ1) is 14.7. The standard InChI is InChI=1S/C15H24N2O/c1-4-15(2,3)11-17-14(18)10-13(16)12-8-6-5-7-9-12/h5-9,13H,4,10-11,16H2,1-3H3,(H,17,18). The van der Waals surface area contributed by atoms with Gasteiger partial charge in [0, 0.05) is 19.0 Å². The summed E-state index contributed by atoms with van der Waals surface area (Å²) in [4.78, 5) is 11.8. The minimum absolute atomic E-state index is 0.0212. The van der Waals surface area contributed by atoms with Crippen LogP contribution in [0.15, 0.2) is 30.3 Å². The second-order valence-corrected chi connectivity index (χ2v) is 5.52. The zero-order valence-electron chi connectivity index (χ0n) is 11.6. The highest BCUT2D eigenvalue weighted by Gasteiger charge is 2.17. The third kappa shape index (κ3) is 4.88. The number of benzene rings is 1. The molecule has 0 saturated heterocycles. The van der Waals surface area contributed by atoms with Crippen molar-refractivity contribution in [1.82, 2.24) is 5.32 Å². The van der Waals surface area contributed by atoms with Gasteiger partial charge in [-0.2, -0.15) is 0 Å². The van der Waals surface area contributed by atoms with Gasteiger partial charge in [0.05, 0.1) is 0 Å². The number of carbonyl (C=O) groups excluding carboxylic acids is 1. The normalized spacial score (nSPS) is 13.1. The molecule has 0 aliphatic heterocycles. The predicted octanol–water partition coefficient (Wildman–Crippen LogP) is 2.63. The number of hydrogen-bond donors (Lipinski definition) is 2. The van der Waals surface area contributed by atoms with E-state index in [0.29, 0.717) is 13.0 Å². The molecule has 1 aromatic carbocycles. The van der Waals surface area contributed by atoms with E-state index in [1.54, 1.807) is 0 Å². The Kier molecular flexibility index (Phi) is 5.35. The molecule has 1 unspecified atom stereocenters. The van der Waals surface area contributed by atoms with Gasteiger partial charge in [0.15, 0.2) is 0 Å². The maximum atomic E-state index is 11.8. The van der Waals surface area contributed by atoms with E-state index in [0.717, 1.165) is 12.0 Å². The minimum Gasteiger partial charge on any atom is -0.356 e. The molecule has 1 atom stereocenters. The van der Waals surface area contributed by atoms with Gasteiger partial charge >= 0.3 is 0 Å². The zero-order valence-corrected chi connectivity index (χ0v) is 11.6. The Labute approximate surface area is 110 Å². The maximum absolute atomic E-state index is 11.8. The van der Waals surface area contributed by atoms with Crippen LogP contribution in [-0.2, 0) is 4.79 Å². The van der Waals surface area contributed by atoms with Gasteiger partial charge in [0.2, 0.25) is 5.91 Å². The largest absolute Gasteiger partial charge is 0.356 e. The van der Waals surface area contributed by atoms with E-state index in [2.05, 4.69) is 26.1 Å². The highest BCUT2D eigenvalue weighted by Crippen LogP contribution is 2.18. The third-order valence-corrected chi connectivity index (χ3v) is 3.35. The van der Waals surface area contributed by atoms with Crippen LogP contribution in [0.25, 0.3) is 0 Å². The highest BCUT2D eigenvalue weighted by atomic mass is 16.1. The van der Waals surface area contributed by atoms with Crippen molar-refractivity contribution in [2.45, 2.75) is 39.7 Å². The number of nitrogens with one attached hydrogen (secondary N) is 1. The maximum Gasteiger partial charge on any atom is 0.221 e. The fourth-order valence-corrected chi connectivity index (χ4v) is 1.55. The Morgan fingerprint density at radius 1 is 1.33 bits per heavy atom. The first-order valence-electron chi connectivity index (χ1n) is 6.52. The number of amides is 1. The summed E-state index contributed by atoms with van der Waals surface area (Å²) in [6, 6.07) is 9.50. The molecule has 3 heteroatoms. The summed E-state index contributed by atoms with van der Waals surface area (Å²) in [5.74, 6) is 0.0212. The summed E-state index contributed by atoms with van der Waals surface area (Å²) in [6.07, 6.45) is 1.38. The molecule has 0 bridgehead atoms. The minimum atomic E-state index is -0.226. The summed E-state index contributed by atoms with van der Waals surface area (Å²) < 4.78 is 0. The molecule has 1 rings (SSSR count). The van der Waals surface area contributed by atoms with Gasteiger partial charge in [-0.15, -0.1) is 0 Å². The molecular formula is C15H24N2O. The van der Waals surface area contributed by atoms with Crippen LogP contribution in [0.2, 0.25) is 0 Å². The highest BCUT2D eigenvalue weighted by molar-refractivity contribution is 5.76. The molecule has 0 fully saturated rings. The lowest BCUT2D eigenvalue weighted by molar-refractivity contribution is -0.121. The molecule has 0 radical (unpaired) electrons.